The Morgan fingerprint density at radius 3 is 2.35 bits per heavy atom. The van der Waals surface area contributed by atoms with Gasteiger partial charge in [-0.25, -0.2) is 10.2 Å². The number of H-pyrrole nitrogens is 2. The molecule has 10 nitrogen and oxygen atoms in total. The second-order valence-corrected chi connectivity index (χ2v) is 5.53. The molecule has 11 heteroatoms. The van der Waals surface area contributed by atoms with Crippen LogP contribution < -0.4 is 16.7 Å². The fourth-order valence-corrected chi connectivity index (χ4v) is 3.02. The van der Waals surface area contributed by atoms with Crippen LogP contribution in [0.2, 0.25) is 0 Å². The fraction of sp³-hybridized carbons (Fsp3) is 0.417. The number of likely N-dealkylation sites (N-methyl/N-ethyl adjacent to an activating group) is 2. The number of rotatable bonds is 3. The van der Waals surface area contributed by atoms with Crippen LogP contribution in [0.4, 0.5) is 4.79 Å². The summed E-state index contributed by atoms with van der Waals surface area (Å²) >= 11 is 5.25. The maximum absolute atomic E-state index is 12.9. The molecule has 0 spiro atoms. The Morgan fingerprint density at radius 2 is 1.96 bits per heavy atom. The molecule has 0 saturated carbocycles. The molecule has 1 aliphatic rings. The molecular formula is C12H17N7O3S. The van der Waals surface area contributed by atoms with Crippen LogP contribution in [0, 0.1) is 6.92 Å². The third-order valence-corrected chi connectivity index (χ3v) is 4.42. The van der Waals surface area contributed by atoms with Gasteiger partial charge in [0, 0.05) is 19.8 Å². The van der Waals surface area contributed by atoms with E-state index in [-0.39, 0.29) is 16.4 Å². The molecule has 23 heavy (non-hydrogen) atoms. The number of amides is 3. The number of hydrogen-bond acceptors (Lipinski definition) is 5. The van der Waals surface area contributed by atoms with E-state index in [9.17, 15) is 14.4 Å². The smallest absolute Gasteiger partial charge is 0.332 e. The van der Waals surface area contributed by atoms with Gasteiger partial charge in [0.1, 0.15) is 0 Å². The topological polar surface area (TPSA) is 140 Å². The Hall–Kier alpha value is -2.69. The number of aromatic amines is 2. The fourth-order valence-electron chi connectivity index (χ4n) is 2.80. The lowest BCUT2D eigenvalue weighted by molar-refractivity contribution is -0.129. The highest BCUT2D eigenvalue weighted by Crippen LogP contribution is 2.36. The van der Waals surface area contributed by atoms with Crippen molar-refractivity contribution in [2.24, 2.45) is 10.8 Å². The highest BCUT2D eigenvalue weighted by molar-refractivity contribution is 7.80. The zero-order valence-corrected chi connectivity index (χ0v) is 13.9. The summed E-state index contributed by atoms with van der Waals surface area (Å²) in [7, 11) is 3.09. The number of carbonyl (C=O) groups excluding carboxylic acids is 2. The van der Waals surface area contributed by atoms with E-state index in [2.05, 4.69) is 20.7 Å². The highest BCUT2D eigenvalue weighted by atomic mass is 32.1. The minimum atomic E-state index is -1.56. The summed E-state index contributed by atoms with van der Waals surface area (Å²) in [6.45, 7) is 3.16. The van der Waals surface area contributed by atoms with Crippen molar-refractivity contribution in [1.82, 2.24) is 25.4 Å². The second-order valence-electron chi connectivity index (χ2n) is 5.17. The molecule has 0 bridgehead atoms. The normalized spacial score (nSPS) is 22.0. The number of thiocarbonyl (C=S) groups is 1. The molecule has 1 aliphatic heterocycles. The number of nitrogens with one attached hydrogen (secondary N) is 3. The molecule has 2 heterocycles. The number of hydrazone groups is 1. The Balaban J connectivity index is 2.79. The molecule has 1 unspecified atom stereocenters. The molecule has 0 radical (unpaired) electrons. The van der Waals surface area contributed by atoms with Gasteiger partial charge in [-0.1, -0.05) is 0 Å². The van der Waals surface area contributed by atoms with Crippen LogP contribution in [0.3, 0.4) is 0 Å². The van der Waals surface area contributed by atoms with Crippen LogP contribution in [0.5, 0.6) is 0 Å². The van der Waals surface area contributed by atoms with Crippen molar-refractivity contribution in [3.05, 3.63) is 21.6 Å². The summed E-state index contributed by atoms with van der Waals surface area (Å²) < 4.78 is 0. The number of urea groups is 1. The van der Waals surface area contributed by atoms with Crippen molar-refractivity contribution >= 4 is 35.0 Å². The van der Waals surface area contributed by atoms with Crippen molar-refractivity contribution < 1.29 is 9.59 Å². The molecule has 1 aromatic rings. The summed E-state index contributed by atoms with van der Waals surface area (Å²) in [5.74, 6) is -0.453. The molecule has 124 valence electrons. The van der Waals surface area contributed by atoms with E-state index < -0.39 is 23.0 Å². The Kier molecular flexibility index (Phi) is 3.99. The van der Waals surface area contributed by atoms with Gasteiger partial charge in [-0.05, 0) is 26.1 Å². The van der Waals surface area contributed by atoms with Gasteiger partial charge in [0.2, 0.25) is 0 Å². The highest BCUT2D eigenvalue weighted by Gasteiger charge is 2.58. The first kappa shape index (κ1) is 16.7. The first-order chi connectivity index (χ1) is 10.7. The van der Waals surface area contributed by atoms with Gasteiger partial charge in [-0.15, -0.1) is 0 Å². The third-order valence-electron chi connectivity index (χ3n) is 3.88. The van der Waals surface area contributed by atoms with E-state index in [1.165, 1.54) is 23.8 Å². The van der Waals surface area contributed by atoms with Gasteiger partial charge in [-0.2, -0.15) is 5.10 Å². The molecule has 0 aromatic carbocycles. The number of primary amides is 1. The number of nitrogens with zero attached hydrogens (tertiary/aromatic N) is 3. The third kappa shape index (κ3) is 2.20. The van der Waals surface area contributed by atoms with E-state index in [4.69, 9.17) is 18.0 Å². The SMILES string of the molecule is C/C(=N\NC(N)=O)C1(c2c(C)[nH][nH]c2=O)C(=O)N(C)C(=S)N1C. The van der Waals surface area contributed by atoms with Crippen molar-refractivity contribution in [3.63, 3.8) is 0 Å². The molecular weight excluding hydrogens is 322 g/mol. The lowest BCUT2D eigenvalue weighted by Gasteiger charge is -2.32. The number of nitrogens with two attached hydrogens (primary N) is 1. The Labute approximate surface area is 136 Å². The van der Waals surface area contributed by atoms with Crippen molar-refractivity contribution in [3.8, 4) is 0 Å². The summed E-state index contributed by atoms with van der Waals surface area (Å²) in [5.41, 5.74) is 5.83. The zero-order chi connectivity index (χ0) is 17.5. The molecule has 2 rings (SSSR count). The Morgan fingerprint density at radius 1 is 1.35 bits per heavy atom. The van der Waals surface area contributed by atoms with E-state index in [0.29, 0.717) is 5.69 Å². The minimum Gasteiger partial charge on any atom is -0.350 e. The lowest BCUT2D eigenvalue weighted by atomic mass is 9.84. The first-order valence-corrected chi connectivity index (χ1v) is 7.00. The van der Waals surface area contributed by atoms with Crippen LogP contribution in [-0.4, -0.2) is 56.9 Å². The summed E-state index contributed by atoms with van der Waals surface area (Å²) in [4.78, 5) is 38.9. The van der Waals surface area contributed by atoms with Crippen molar-refractivity contribution in [2.75, 3.05) is 14.1 Å². The van der Waals surface area contributed by atoms with Gasteiger partial charge in [0.15, 0.2) is 10.7 Å². The van der Waals surface area contributed by atoms with Gasteiger partial charge in [0.05, 0.1) is 11.3 Å². The molecule has 1 saturated heterocycles. The van der Waals surface area contributed by atoms with E-state index >= 15 is 0 Å². The van der Waals surface area contributed by atoms with Gasteiger partial charge in [0.25, 0.3) is 11.5 Å². The van der Waals surface area contributed by atoms with Gasteiger partial charge < -0.3 is 15.7 Å². The van der Waals surface area contributed by atoms with Crippen LogP contribution >= 0.6 is 12.2 Å². The molecule has 1 atom stereocenters. The second kappa shape index (κ2) is 5.50. The first-order valence-electron chi connectivity index (χ1n) is 6.59. The van der Waals surface area contributed by atoms with Gasteiger partial charge in [-0.3, -0.25) is 19.6 Å². The molecule has 1 aromatic heterocycles. The van der Waals surface area contributed by atoms with E-state index in [1.54, 1.807) is 14.0 Å². The standard InChI is InChI=1S/C12H17N7O3S/c1-5-7(8(20)16-14-5)12(6(2)15-17-10(13)22)9(21)18(3)11(23)19(12)4/h1-4H3,(H3,13,17,22)(H2,14,16,20)/b15-6+. The van der Waals surface area contributed by atoms with E-state index in [0.717, 1.165) is 0 Å². The van der Waals surface area contributed by atoms with Crippen LogP contribution in [0.1, 0.15) is 18.2 Å². The summed E-state index contributed by atoms with van der Waals surface area (Å²) in [6.07, 6.45) is 0. The quantitative estimate of drug-likeness (QED) is 0.316. The lowest BCUT2D eigenvalue weighted by Crippen LogP contribution is -2.53. The monoisotopic (exact) mass is 339 g/mol. The maximum atomic E-state index is 12.9. The average molecular weight is 339 g/mol. The average Bonchev–Trinajstić information content (AvgIpc) is 2.90. The van der Waals surface area contributed by atoms with Crippen LogP contribution in [-0.2, 0) is 10.3 Å². The molecule has 3 amide bonds. The van der Waals surface area contributed by atoms with Gasteiger partial charge >= 0.3 is 6.03 Å². The molecule has 1 fully saturated rings. The minimum absolute atomic E-state index is 0.156. The maximum Gasteiger partial charge on any atom is 0.332 e. The van der Waals surface area contributed by atoms with E-state index in [1.807, 2.05) is 0 Å². The Bertz CT molecular complexity index is 780. The predicted molar refractivity (Wildman–Crippen MR) is 86.8 cm³/mol. The summed E-state index contributed by atoms with van der Waals surface area (Å²) in [6, 6.07) is -0.886. The van der Waals surface area contributed by atoms with Crippen molar-refractivity contribution in [1.29, 1.82) is 0 Å². The number of carbonyl (C=O) groups is 2. The van der Waals surface area contributed by atoms with Crippen LogP contribution in [0.25, 0.3) is 0 Å². The number of hydrogen-bond donors (Lipinski definition) is 4. The molecule has 0 aliphatic carbocycles. The van der Waals surface area contributed by atoms with Crippen LogP contribution in [0.15, 0.2) is 9.90 Å². The summed E-state index contributed by atoms with van der Waals surface area (Å²) in [5, 5.41) is 9.21. The predicted octanol–water partition coefficient (Wildman–Crippen LogP) is -1.06. The zero-order valence-electron chi connectivity index (χ0n) is 13.1. The van der Waals surface area contributed by atoms with Crippen molar-refractivity contribution in [2.45, 2.75) is 19.4 Å². The largest absolute Gasteiger partial charge is 0.350 e. The number of aromatic nitrogens is 2. The number of aryl methyl sites for hydroxylation is 1. The molecule has 5 N–H and O–H groups in total.